The van der Waals surface area contributed by atoms with E-state index in [9.17, 15) is 4.79 Å². The van der Waals surface area contributed by atoms with Crippen molar-refractivity contribution in [2.75, 3.05) is 14.2 Å². The number of rotatable bonds is 7. The van der Waals surface area contributed by atoms with Crippen molar-refractivity contribution in [2.24, 2.45) is 0 Å². The molecule has 4 rings (SSSR count). The Kier molecular flexibility index (Phi) is 6.02. The van der Waals surface area contributed by atoms with Crippen molar-refractivity contribution in [1.82, 2.24) is 20.3 Å². The van der Waals surface area contributed by atoms with Crippen molar-refractivity contribution in [2.45, 2.75) is 44.4 Å². The Morgan fingerprint density at radius 1 is 0.967 bits per heavy atom. The number of methoxy groups -OCH3 is 2. The summed E-state index contributed by atoms with van der Waals surface area (Å²) in [6.45, 7) is 0.117. The van der Waals surface area contributed by atoms with Gasteiger partial charge in [-0.25, -0.2) is 0 Å². The van der Waals surface area contributed by atoms with Gasteiger partial charge in [-0.3, -0.25) is 4.79 Å². The summed E-state index contributed by atoms with van der Waals surface area (Å²) in [5.74, 6) is 1.86. The summed E-state index contributed by atoms with van der Waals surface area (Å²) in [5, 5.41) is 11.8. The average Bonchev–Trinajstić information content (AvgIpc) is 3.17. The molecule has 2 aromatic carbocycles. The number of hydrogen-bond acceptors (Lipinski definition) is 6. The maximum atomic E-state index is 12.4. The smallest absolute Gasteiger partial charge is 0.243 e. The predicted octanol–water partition coefficient (Wildman–Crippen LogP) is 2.95. The first-order valence-corrected chi connectivity index (χ1v) is 10.1. The van der Waals surface area contributed by atoms with E-state index in [0.29, 0.717) is 17.2 Å². The van der Waals surface area contributed by atoms with Gasteiger partial charge in [0, 0.05) is 6.04 Å². The molecule has 0 aliphatic heterocycles. The highest BCUT2D eigenvalue weighted by Gasteiger charge is 2.25. The SMILES string of the molecule is COc1cccc(OC2CCC(NC(=O)Cn3nc4ccccc4n3)CC2)c1OC. The van der Waals surface area contributed by atoms with Gasteiger partial charge in [0.15, 0.2) is 11.5 Å². The van der Waals surface area contributed by atoms with Gasteiger partial charge in [-0.2, -0.15) is 15.0 Å². The van der Waals surface area contributed by atoms with Crippen molar-refractivity contribution in [3.63, 3.8) is 0 Å². The van der Waals surface area contributed by atoms with Crippen LogP contribution in [0.4, 0.5) is 0 Å². The summed E-state index contributed by atoms with van der Waals surface area (Å²) < 4.78 is 16.9. The fourth-order valence-electron chi connectivity index (χ4n) is 3.83. The normalized spacial score (nSPS) is 18.7. The quantitative estimate of drug-likeness (QED) is 0.644. The van der Waals surface area contributed by atoms with Gasteiger partial charge in [-0.1, -0.05) is 18.2 Å². The van der Waals surface area contributed by atoms with Gasteiger partial charge in [0.2, 0.25) is 11.7 Å². The number of nitrogens with zero attached hydrogens (tertiary/aromatic N) is 3. The van der Waals surface area contributed by atoms with Crippen molar-refractivity contribution in [3.8, 4) is 17.2 Å². The zero-order chi connectivity index (χ0) is 20.9. The van der Waals surface area contributed by atoms with Crippen molar-refractivity contribution < 1.29 is 19.0 Å². The molecule has 1 saturated carbocycles. The van der Waals surface area contributed by atoms with Gasteiger partial charge in [-0.05, 0) is 49.9 Å². The monoisotopic (exact) mass is 410 g/mol. The minimum Gasteiger partial charge on any atom is -0.493 e. The van der Waals surface area contributed by atoms with E-state index in [1.807, 2.05) is 42.5 Å². The number of carbonyl (C=O) groups is 1. The zero-order valence-electron chi connectivity index (χ0n) is 17.2. The summed E-state index contributed by atoms with van der Waals surface area (Å²) in [7, 11) is 3.21. The summed E-state index contributed by atoms with van der Waals surface area (Å²) >= 11 is 0. The number of aromatic nitrogens is 3. The third kappa shape index (κ3) is 4.48. The minimum atomic E-state index is -0.0749. The lowest BCUT2D eigenvalue weighted by Crippen LogP contribution is -2.41. The Balaban J connectivity index is 1.28. The van der Waals surface area contributed by atoms with E-state index in [1.165, 1.54) is 4.80 Å². The second kappa shape index (κ2) is 9.02. The van der Waals surface area contributed by atoms with E-state index in [-0.39, 0.29) is 24.6 Å². The van der Waals surface area contributed by atoms with Gasteiger partial charge < -0.3 is 19.5 Å². The molecule has 0 bridgehead atoms. The van der Waals surface area contributed by atoms with Gasteiger partial charge in [-0.15, -0.1) is 0 Å². The molecule has 0 spiro atoms. The van der Waals surface area contributed by atoms with Crippen LogP contribution in [0.15, 0.2) is 42.5 Å². The Morgan fingerprint density at radius 3 is 2.27 bits per heavy atom. The fraction of sp³-hybridized carbons (Fsp3) is 0.409. The topological polar surface area (TPSA) is 87.5 Å². The molecule has 1 heterocycles. The molecule has 0 saturated heterocycles. The molecule has 0 atom stereocenters. The molecule has 1 aromatic heterocycles. The largest absolute Gasteiger partial charge is 0.493 e. The first-order chi connectivity index (χ1) is 14.7. The van der Waals surface area contributed by atoms with Crippen LogP contribution in [0.1, 0.15) is 25.7 Å². The van der Waals surface area contributed by atoms with Crippen LogP contribution >= 0.6 is 0 Å². The first kappa shape index (κ1) is 20.0. The fourth-order valence-corrected chi connectivity index (χ4v) is 3.83. The van der Waals surface area contributed by atoms with Crippen LogP contribution in [0.2, 0.25) is 0 Å². The van der Waals surface area contributed by atoms with Crippen LogP contribution in [0, 0.1) is 0 Å². The lowest BCUT2D eigenvalue weighted by molar-refractivity contribution is -0.123. The number of ether oxygens (including phenoxy) is 3. The first-order valence-electron chi connectivity index (χ1n) is 10.1. The van der Waals surface area contributed by atoms with Crippen molar-refractivity contribution >= 4 is 16.9 Å². The van der Waals surface area contributed by atoms with Crippen LogP contribution in [0.5, 0.6) is 17.2 Å². The third-order valence-corrected chi connectivity index (χ3v) is 5.31. The molecule has 0 radical (unpaired) electrons. The molecule has 8 nitrogen and oxygen atoms in total. The molecule has 30 heavy (non-hydrogen) atoms. The summed E-state index contributed by atoms with van der Waals surface area (Å²) in [6.07, 6.45) is 3.51. The van der Waals surface area contributed by atoms with Gasteiger partial charge in [0.25, 0.3) is 0 Å². The Labute approximate surface area is 175 Å². The highest BCUT2D eigenvalue weighted by molar-refractivity contribution is 5.77. The number of nitrogens with one attached hydrogen (secondary N) is 1. The molecule has 8 heteroatoms. The van der Waals surface area contributed by atoms with Crippen LogP contribution in [-0.2, 0) is 11.3 Å². The second-order valence-corrected chi connectivity index (χ2v) is 7.37. The van der Waals surface area contributed by atoms with Crippen LogP contribution in [-0.4, -0.2) is 47.3 Å². The minimum absolute atomic E-state index is 0.0749. The molecule has 1 aliphatic carbocycles. The summed E-state index contributed by atoms with van der Waals surface area (Å²) in [6, 6.07) is 13.3. The number of benzene rings is 2. The number of carbonyl (C=O) groups excluding carboxylic acids is 1. The summed E-state index contributed by atoms with van der Waals surface area (Å²) in [5.41, 5.74) is 1.58. The Hall–Kier alpha value is -3.29. The predicted molar refractivity (Wildman–Crippen MR) is 112 cm³/mol. The molecular weight excluding hydrogens is 384 g/mol. The van der Waals surface area contributed by atoms with E-state index < -0.39 is 0 Å². The molecule has 1 fully saturated rings. The highest BCUT2D eigenvalue weighted by atomic mass is 16.5. The van der Waals surface area contributed by atoms with Crippen molar-refractivity contribution in [3.05, 3.63) is 42.5 Å². The third-order valence-electron chi connectivity index (χ3n) is 5.31. The molecule has 1 amide bonds. The molecule has 1 aliphatic rings. The van der Waals surface area contributed by atoms with Crippen LogP contribution < -0.4 is 19.5 Å². The lowest BCUT2D eigenvalue weighted by Gasteiger charge is -2.30. The number of hydrogen-bond donors (Lipinski definition) is 1. The average molecular weight is 410 g/mol. The molecule has 3 aromatic rings. The van der Waals surface area contributed by atoms with Crippen LogP contribution in [0.3, 0.4) is 0 Å². The van der Waals surface area contributed by atoms with Gasteiger partial charge in [0.05, 0.1) is 20.3 Å². The van der Waals surface area contributed by atoms with Crippen LogP contribution in [0.25, 0.3) is 11.0 Å². The number of para-hydroxylation sites is 1. The number of fused-ring (bicyclic) bond motifs is 1. The molecule has 0 unspecified atom stereocenters. The molecular formula is C22H26N4O4. The zero-order valence-corrected chi connectivity index (χ0v) is 17.2. The lowest BCUT2D eigenvalue weighted by atomic mass is 9.93. The summed E-state index contributed by atoms with van der Waals surface area (Å²) in [4.78, 5) is 13.9. The Bertz CT molecular complexity index is 978. The van der Waals surface area contributed by atoms with E-state index in [2.05, 4.69) is 15.5 Å². The maximum absolute atomic E-state index is 12.4. The Morgan fingerprint density at radius 2 is 1.63 bits per heavy atom. The van der Waals surface area contributed by atoms with E-state index in [4.69, 9.17) is 14.2 Å². The molecule has 158 valence electrons. The van der Waals surface area contributed by atoms with E-state index in [1.54, 1.807) is 14.2 Å². The van der Waals surface area contributed by atoms with Gasteiger partial charge in [0.1, 0.15) is 17.6 Å². The maximum Gasteiger partial charge on any atom is 0.243 e. The molecule has 1 N–H and O–H groups in total. The van der Waals surface area contributed by atoms with E-state index >= 15 is 0 Å². The van der Waals surface area contributed by atoms with E-state index in [0.717, 1.165) is 36.7 Å². The standard InChI is InChI=1S/C22H26N4O4/c1-28-19-8-5-9-20(22(19)29-2)30-16-12-10-15(11-13-16)23-21(27)14-26-24-17-6-3-4-7-18(17)25-26/h3-9,15-16H,10-14H2,1-2H3,(H,23,27). The van der Waals surface area contributed by atoms with Gasteiger partial charge >= 0.3 is 0 Å². The number of amides is 1. The second-order valence-electron chi connectivity index (χ2n) is 7.37. The highest BCUT2D eigenvalue weighted by Crippen LogP contribution is 2.38. The van der Waals surface area contributed by atoms with Crippen molar-refractivity contribution in [1.29, 1.82) is 0 Å².